The predicted octanol–water partition coefficient (Wildman–Crippen LogP) is 3.16. The first-order chi connectivity index (χ1) is 12.2. The Labute approximate surface area is 148 Å². The average Bonchev–Trinajstić information content (AvgIpc) is 2.92. The fourth-order valence-electron chi connectivity index (χ4n) is 3.90. The SMILES string of the molecule is O=C1c2ccccc2C(=O)N1CCN1CCC(c2ccccc2)CC1. The Morgan fingerprint density at radius 2 is 1.32 bits per heavy atom. The highest BCUT2D eigenvalue weighted by molar-refractivity contribution is 6.21. The number of nitrogens with zero attached hydrogens (tertiary/aromatic N) is 2. The molecule has 0 aliphatic carbocycles. The largest absolute Gasteiger partial charge is 0.302 e. The third-order valence-electron chi connectivity index (χ3n) is 5.38. The molecule has 0 bridgehead atoms. The van der Waals surface area contributed by atoms with Crippen LogP contribution in [0.5, 0.6) is 0 Å². The lowest BCUT2D eigenvalue weighted by Gasteiger charge is -2.32. The molecular formula is C21H22N2O2. The van der Waals surface area contributed by atoms with E-state index in [1.807, 2.05) is 12.1 Å². The fourth-order valence-corrected chi connectivity index (χ4v) is 3.90. The van der Waals surface area contributed by atoms with Gasteiger partial charge in [0.2, 0.25) is 0 Å². The van der Waals surface area contributed by atoms with Gasteiger partial charge < -0.3 is 4.90 Å². The first-order valence-corrected chi connectivity index (χ1v) is 8.96. The summed E-state index contributed by atoms with van der Waals surface area (Å²) in [5.41, 5.74) is 2.49. The first kappa shape index (κ1) is 16.0. The molecule has 128 valence electrons. The summed E-state index contributed by atoms with van der Waals surface area (Å²) in [6.07, 6.45) is 2.26. The third-order valence-corrected chi connectivity index (χ3v) is 5.38. The van der Waals surface area contributed by atoms with Crippen molar-refractivity contribution in [1.82, 2.24) is 9.80 Å². The molecule has 1 saturated heterocycles. The Morgan fingerprint density at radius 1 is 0.760 bits per heavy atom. The van der Waals surface area contributed by atoms with Crippen molar-refractivity contribution in [2.75, 3.05) is 26.2 Å². The van der Waals surface area contributed by atoms with Gasteiger partial charge in [0.25, 0.3) is 11.8 Å². The molecule has 2 aromatic carbocycles. The molecule has 0 radical (unpaired) electrons. The topological polar surface area (TPSA) is 40.6 Å². The van der Waals surface area contributed by atoms with Crippen molar-refractivity contribution in [3.05, 3.63) is 71.3 Å². The molecule has 2 aliphatic heterocycles. The van der Waals surface area contributed by atoms with E-state index < -0.39 is 0 Å². The maximum absolute atomic E-state index is 12.4. The normalized spacial score (nSPS) is 18.6. The molecule has 4 heteroatoms. The van der Waals surface area contributed by atoms with E-state index in [0.717, 1.165) is 32.5 Å². The molecule has 25 heavy (non-hydrogen) atoms. The molecular weight excluding hydrogens is 312 g/mol. The van der Waals surface area contributed by atoms with Crippen LogP contribution in [0.25, 0.3) is 0 Å². The highest BCUT2D eigenvalue weighted by Crippen LogP contribution is 2.28. The second-order valence-electron chi connectivity index (χ2n) is 6.83. The van der Waals surface area contributed by atoms with Crippen molar-refractivity contribution in [2.45, 2.75) is 18.8 Å². The van der Waals surface area contributed by atoms with Gasteiger partial charge in [-0.05, 0) is 49.5 Å². The van der Waals surface area contributed by atoms with Crippen molar-refractivity contribution in [1.29, 1.82) is 0 Å². The lowest BCUT2D eigenvalue weighted by Crippen LogP contribution is -2.41. The second-order valence-corrected chi connectivity index (χ2v) is 6.83. The number of amides is 2. The van der Waals surface area contributed by atoms with Crippen LogP contribution in [-0.2, 0) is 0 Å². The smallest absolute Gasteiger partial charge is 0.261 e. The lowest BCUT2D eigenvalue weighted by molar-refractivity contribution is 0.0629. The first-order valence-electron chi connectivity index (χ1n) is 8.96. The number of hydrogen-bond acceptors (Lipinski definition) is 3. The van der Waals surface area contributed by atoms with Crippen molar-refractivity contribution in [2.24, 2.45) is 0 Å². The number of imide groups is 1. The van der Waals surface area contributed by atoms with Crippen LogP contribution in [0.2, 0.25) is 0 Å². The molecule has 2 aliphatic rings. The van der Waals surface area contributed by atoms with Gasteiger partial charge in [0.05, 0.1) is 11.1 Å². The van der Waals surface area contributed by atoms with Gasteiger partial charge in [0.15, 0.2) is 0 Å². The number of carbonyl (C=O) groups is 2. The summed E-state index contributed by atoms with van der Waals surface area (Å²) in [5.74, 6) is 0.316. The Morgan fingerprint density at radius 3 is 1.92 bits per heavy atom. The summed E-state index contributed by atoms with van der Waals surface area (Å²) in [6, 6.07) is 17.8. The van der Waals surface area contributed by atoms with Crippen molar-refractivity contribution in [3.8, 4) is 0 Å². The van der Waals surface area contributed by atoms with E-state index in [1.165, 1.54) is 10.5 Å². The summed E-state index contributed by atoms with van der Waals surface area (Å²) in [5, 5.41) is 0. The molecule has 2 aromatic rings. The number of rotatable bonds is 4. The van der Waals surface area contributed by atoms with Gasteiger partial charge in [0.1, 0.15) is 0 Å². The van der Waals surface area contributed by atoms with Crippen LogP contribution in [0.1, 0.15) is 45.0 Å². The molecule has 4 rings (SSSR count). The number of hydrogen-bond donors (Lipinski definition) is 0. The Hall–Kier alpha value is -2.46. The highest BCUT2D eigenvalue weighted by atomic mass is 16.2. The quantitative estimate of drug-likeness (QED) is 0.807. The minimum absolute atomic E-state index is 0.153. The van der Waals surface area contributed by atoms with E-state index in [0.29, 0.717) is 23.6 Å². The van der Waals surface area contributed by atoms with E-state index in [9.17, 15) is 9.59 Å². The summed E-state index contributed by atoms with van der Waals surface area (Å²) in [7, 11) is 0. The van der Waals surface area contributed by atoms with Gasteiger partial charge in [-0.15, -0.1) is 0 Å². The molecule has 0 saturated carbocycles. The number of piperidine rings is 1. The van der Waals surface area contributed by atoms with Crippen molar-refractivity contribution < 1.29 is 9.59 Å². The van der Waals surface area contributed by atoms with E-state index in [1.54, 1.807) is 12.1 Å². The van der Waals surface area contributed by atoms with Crippen LogP contribution in [0.4, 0.5) is 0 Å². The second kappa shape index (κ2) is 6.81. The summed E-state index contributed by atoms with van der Waals surface area (Å²) < 4.78 is 0. The molecule has 1 fully saturated rings. The minimum Gasteiger partial charge on any atom is -0.302 e. The highest BCUT2D eigenvalue weighted by Gasteiger charge is 2.35. The summed E-state index contributed by atoms with van der Waals surface area (Å²) >= 11 is 0. The monoisotopic (exact) mass is 334 g/mol. The molecule has 0 unspecified atom stereocenters. The van der Waals surface area contributed by atoms with Gasteiger partial charge in [-0.1, -0.05) is 42.5 Å². The maximum Gasteiger partial charge on any atom is 0.261 e. The van der Waals surface area contributed by atoms with E-state index >= 15 is 0 Å². The lowest BCUT2D eigenvalue weighted by atomic mass is 9.89. The predicted molar refractivity (Wildman–Crippen MR) is 96.7 cm³/mol. The molecule has 0 aromatic heterocycles. The average molecular weight is 334 g/mol. The standard InChI is InChI=1S/C21H22N2O2/c24-20-18-8-4-5-9-19(18)21(25)23(20)15-14-22-12-10-17(11-13-22)16-6-2-1-3-7-16/h1-9,17H,10-15H2. The molecule has 0 spiro atoms. The van der Waals surface area contributed by atoms with Crippen molar-refractivity contribution >= 4 is 11.8 Å². The number of likely N-dealkylation sites (tertiary alicyclic amines) is 1. The van der Waals surface area contributed by atoms with Crippen LogP contribution in [0.15, 0.2) is 54.6 Å². The van der Waals surface area contributed by atoms with Crippen LogP contribution < -0.4 is 0 Å². The van der Waals surface area contributed by atoms with Gasteiger partial charge in [-0.25, -0.2) is 0 Å². The van der Waals surface area contributed by atoms with Crippen LogP contribution in [-0.4, -0.2) is 47.8 Å². The van der Waals surface area contributed by atoms with Gasteiger partial charge in [-0.2, -0.15) is 0 Å². The Balaban J connectivity index is 1.32. The Kier molecular flexibility index (Phi) is 4.36. The zero-order valence-corrected chi connectivity index (χ0v) is 14.2. The molecule has 2 heterocycles. The van der Waals surface area contributed by atoms with Crippen LogP contribution in [0, 0.1) is 0 Å². The fraction of sp³-hybridized carbons (Fsp3) is 0.333. The molecule has 0 N–H and O–H groups in total. The van der Waals surface area contributed by atoms with E-state index in [4.69, 9.17) is 0 Å². The zero-order chi connectivity index (χ0) is 17.2. The van der Waals surface area contributed by atoms with Crippen molar-refractivity contribution in [3.63, 3.8) is 0 Å². The van der Waals surface area contributed by atoms with Crippen LogP contribution >= 0.6 is 0 Å². The van der Waals surface area contributed by atoms with Crippen LogP contribution in [0.3, 0.4) is 0 Å². The maximum atomic E-state index is 12.4. The van der Waals surface area contributed by atoms with Gasteiger partial charge >= 0.3 is 0 Å². The molecule has 0 atom stereocenters. The summed E-state index contributed by atoms with van der Waals surface area (Å²) in [6.45, 7) is 3.26. The molecule has 4 nitrogen and oxygen atoms in total. The summed E-state index contributed by atoms with van der Waals surface area (Å²) in [4.78, 5) is 28.6. The van der Waals surface area contributed by atoms with E-state index in [2.05, 4.69) is 35.2 Å². The number of fused-ring (bicyclic) bond motifs is 1. The van der Waals surface area contributed by atoms with Gasteiger partial charge in [-0.3, -0.25) is 14.5 Å². The number of benzene rings is 2. The molecule has 2 amide bonds. The zero-order valence-electron chi connectivity index (χ0n) is 14.2. The number of carbonyl (C=O) groups excluding carboxylic acids is 2. The third kappa shape index (κ3) is 3.10. The Bertz CT molecular complexity index is 744. The van der Waals surface area contributed by atoms with Gasteiger partial charge in [0, 0.05) is 13.1 Å². The van der Waals surface area contributed by atoms with E-state index in [-0.39, 0.29) is 11.8 Å². The minimum atomic E-state index is -0.153.